The molecule has 0 fully saturated rings. The third-order valence-corrected chi connectivity index (χ3v) is 3.16. The number of methoxy groups -OCH3 is 2. The molecule has 7 heteroatoms. The first-order valence-corrected chi connectivity index (χ1v) is 5.89. The second kappa shape index (κ2) is 6.23. The predicted molar refractivity (Wildman–Crippen MR) is 71.2 cm³/mol. The lowest BCUT2D eigenvalue weighted by Gasteiger charge is -2.20. The van der Waals surface area contributed by atoms with Crippen molar-refractivity contribution in [2.45, 2.75) is 26.9 Å². The van der Waals surface area contributed by atoms with Crippen LogP contribution in [0.3, 0.4) is 0 Å². The van der Waals surface area contributed by atoms with E-state index in [-0.39, 0.29) is 12.2 Å². The highest BCUT2D eigenvalue weighted by Gasteiger charge is 2.31. The van der Waals surface area contributed by atoms with E-state index in [0.29, 0.717) is 28.2 Å². The van der Waals surface area contributed by atoms with Crippen LogP contribution in [-0.4, -0.2) is 25.6 Å². The van der Waals surface area contributed by atoms with E-state index < -0.39 is 11.0 Å². The summed E-state index contributed by atoms with van der Waals surface area (Å²) < 4.78 is 15.3. The average molecular weight is 283 g/mol. The molecule has 1 atom stereocenters. The van der Waals surface area contributed by atoms with Gasteiger partial charge in [-0.15, -0.1) is 0 Å². The Bertz CT molecular complexity index is 540. The summed E-state index contributed by atoms with van der Waals surface area (Å²) >= 11 is 0. The van der Waals surface area contributed by atoms with Crippen molar-refractivity contribution in [1.29, 1.82) is 0 Å². The van der Waals surface area contributed by atoms with Crippen LogP contribution in [0, 0.1) is 24.0 Å². The highest BCUT2D eigenvalue weighted by molar-refractivity contribution is 5.66. The van der Waals surface area contributed by atoms with Crippen LogP contribution >= 0.6 is 0 Å². The molecule has 1 aromatic carbocycles. The molecule has 0 aliphatic carbocycles. The second-order valence-electron chi connectivity index (χ2n) is 4.21. The van der Waals surface area contributed by atoms with Crippen molar-refractivity contribution >= 4 is 12.2 Å². The number of carbonyl (C=O) groups excluding carboxylic acids is 1. The van der Waals surface area contributed by atoms with Gasteiger partial charge in [0.1, 0.15) is 6.10 Å². The van der Waals surface area contributed by atoms with Gasteiger partial charge in [0.15, 0.2) is 11.5 Å². The molecule has 1 rings (SSSR count). The first kappa shape index (κ1) is 15.7. The molecule has 0 amide bonds. The zero-order valence-corrected chi connectivity index (χ0v) is 12.1. The Labute approximate surface area is 116 Å². The van der Waals surface area contributed by atoms with Gasteiger partial charge < -0.3 is 14.2 Å². The van der Waals surface area contributed by atoms with E-state index in [1.54, 1.807) is 20.8 Å². The van der Waals surface area contributed by atoms with Gasteiger partial charge >= 0.3 is 0 Å². The fraction of sp³-hybridized carbons (Fsp3) is 0.462. The summed E-state index contributed by atoms with van der Waals surface area (Å²) in [7, 11) is 2.87. The molecule has 0 aromatic heterocycles. The molecule has 0 spiro atoms. The molecule has 110 valence electrons. The average Bonchev–Trinajstić information content (AvgIpc) is 2.39. The van der Waals surface area contributed by atoms with Crippen LogP contribution in [0.2, 0.25) is 0 Å². The lowest BCUT2D eigenvalue weighted by Crippen LogP contribution is -2.10. The molecule has 20 heavy (non-hydrogen) atoms. The van der Waals surface area contributed by atoms with Crippen molar-refractivity contribution in [1.82, 2.24) is 0 Å². The van der Waals surface area contributed by atoms with E-state index in [1.807, 2.05) is 0 Å². The van der Waals surface area contributed by atoms with Gasteiger partial charge in [-0.2, -0.15) is 0 Å². The maximum absolute atomic E-state index is 11.3. The lowest BCUT2D eigenvalue weighted by molar-refractivity contribution is -0.386. The van der Waals surface area contributed by atoms with E-state index in [9.17, 15) is 14.9 Å². The minimum Gasteiger partial charge on any atom is -0.493 e. The summed E-state index contributed by atoms with van der Waals surface area (Å²) in [6.45, 7) is 5.05. The predicted octanol–water partition coefficient (Wildman–Crippen LogP) is 2.46. The number of carbonyl (C=O) groups is 1. The van der Waals surface area contributed by atoms with Crippen LogP contribution < -0.4 is 9.47 Å². The maximum Gasteiger partial charge on any atom is 0.293 e. The van der Waals surface area contributed by atoms with Crippen LogP contribution in [-0.2, 0) is 9.53 Å². The Balaban J connectivity index is 3.75. The van der Waals surface area contributed by atoms with Crippen LogP contribution in [0.25, 0.3) is 0 Å². The topological polar surface area (TPSA) is 87.9 Å². The molecule has 0 heterocycles. The van der Waals surface area contributed by atoms with Crippen molar-refractivity contribution in [2.75, 3.05) is 14.2 Å². The van der Waals surface area contributed by atoms with Crippen molar-refractivity contribution < 1.29 is 23.9 Å². The summed E-state index contributed by atoms with van der Waals surface area (Å²) in [5, 5.41) is 11.3. The Morgan fingerprint density at radius 3 is 2.05 bits per heavy atom. The molecule has 7 nitrogen and oxygen atoms in total. The smallest absolute Gasteiger partial charge is 0.293 e. The first-order valence-electron chi connectivity index (χ1n) is 5.89. The standard InChI is InChI=1S/C13H17NO6/c1-7-10(9(3)20-6-15)11(14(16)17)8(2)13(19-5)12(7)18-4/h6,9H,1-5H3. The van der Waals surface area contributed by atoms with Gasteiger partial charge in [0.25, 0.3) is 12.2 Å². The van der Waals surface area contributed by atoms with Gasteiger partial charge in [-0.1, -0.05) is 0 Å². The quantitative estimate of drug-likeness (QED) is 0.452. The second-order valence-corrected chi connectivity index (χ2v) is 4.21. The number of nitrogens with zero attached hydrogens (tertiary/aromatic N) is 1. The van der Waals surface area contributed by atoms with E-state index in [4.69, 9.17) is 14.2 Å². The Morgan fingerprint density at radius 2 is 1.65 bits per heavy atom. The zero-order chi connectivity index (χ0) is 15.4. The molecule has 1 unspecified atom stereocenters. The molecule has 0 radical (unpaired) electrons. The molecule has 0 aliphatic heterocycles. The van der Waals surface area contributed by atoms with Gasteiger partial charge in [-0.3, -0.25) is 14.9 Å². The van der Waals surface area contributed by atoms with Gasteiger partial charge in [-0.05, 0) is 20.8 Å². The van der Waals surface area contributed by atoms with Crippen LogP contribution in [0.15, 0.2) is 0 Å². The number of benzene rings is 1. The maximum atomic E-state index is 11.3. The minimum absolute atomic E-state index is 0.130. The van der Waals surface area contributed by atoms with Crippen molar-refractivity contribution in [3.05, 3.63) is 26.8 Å². The molecular weight excluding hydrogens is 266 g/mol. The summed E-state index contributed by atoms with van der Waals surface area (Å²) in [4.78, 5) is 21.3. The number of ether oxygens (including phenoxy) is 3. The van der Waals surface area contributed by atoms with Gasteiger partial charge in [0.2, 0.25) is 0 Å². The van der Waals surface area contributed by atoms with Crippen molar-refractivity contribution in [3.8, 4) is 11.5 Å². The Morgan fingerprint density at radius 1 is 1.15 bits per heavy atom. The molecule has 0 bridgehead atoms. The molecule has 0 saturated heterocycles. The molecule has 1 aromatic rings. The summed E-state index contributed by atoms with van der Waals surface area (Å²) in [6, 6.07) is 0. The fourth-order valence-corrected chi connectivity index (χ4v) is 2.33. The Kier molecular flexibility index (Phi) is 4.90. The monoisotopic (exact) mass is 283 g/mol. The summed E-state index contributed by atoms with van der Waals surface area (Å²) in [6.07, 6.45) is -0.758. The van der Waals surface area contributed by atoms with Gasteiger partial charge in [-0.25, -0.2) is 0 Å². The van der Waals surface area contributed by atoms with E-state index in [2.05, 4.69) is 0 Å². The Hall–Kier alpha value is -2.31. The normalized spacial score (nSPS) is 11.7. The third-order valence-electron chi connectivity index (χ3n) is 3.16. The van der Waals surface area contributed by atoms with E-state index >= 15 is 0 Å². The lowest BCUT2D eigenvalue weighted by atomic mass is 9.96. The molecule has 0 aliphatic rings. The first-order chi connectivity index (χ1) is 9.40. The third kappa shape index (κ3) is 2.52. The number of nitro benzene ring substituents is 1. The fourth-order valence-electron chi connectivity index (χ4n) is 2.33. The number of rotatable bonds is 6. The molecule has 0 saturated carbocycles. The van der Waals surface area contributed by atoms with E-state index in [1.165, 1.54) is 14.2 Å². The van der Waals surface area contributed by atoms with Crippen molar-refractivity contribution in [3.63, 3.8) is 0 Å². The minimum atomic E-state index is -0.758. The number of hydrogen-bond donors (Lipinski definition) is 0. The largest absolute Gasteiger partial charge is 0.493 e. The molecular formula is C13H17NO6. The summed E-state index contributed by atoms with van der Waals surface area (Å²) in [5.74, 6) is 0.700. The highest BCUT2D eigenvalue weighted by Crippen LogP contribution is 2.45. The number of nitro groups is 1. The van der Waals surface area contributed by atoms with Crippen LogP contribution in [0.1, 0.15) is 29.7 Å². The van der Waals surface area contributed by atoms with Gasteiger partial charge in [0, 0.05) is 5.56 Å². The van der Waals surface area contributed by atoms with Crippen LogP contribution in [0.5, 0.6) is 11.5 Å². The summed E-state index contributed by atoms with van der Waals surface area (Å²) in [5.41, 5.74) is 1.01. The highest BCUT2D eigenvalue weighted by atomic mass is 16.6. The van der Waals surface area contributed by atoms with Gasteiger partial charge in [0.05, 0.1) is 30.3 Å². The van der Waals surface area contributed by atoms with Crippen molar-refractivity contribution in [2.24, 2.45) is 0 Å². The molecule has 0 N–H and O–H groups in total. The number of hydrogen-bond acceptors (Lipinski definition) is 6. The van der Waals surface area contributed by atoms with Crippen LogP contribution in [0.4, 0.5) is 5.69 Å². The SMILES string of the molecule is COc1c(C)c(C(C)OC=O)c([N+](=O)[O-])c(C)c1OC. The zero-order valence-electron chi connectivity index (χ0n) is 12.1. The van der Waals surface area contributed by atoms with E-state index in [0.717, 1.165) is 0 Å².